The first-order valence-electron chi connectivity index (χ1n) is 9.68. The molecule has 0 aromatic carbocycles. The Bertz CT molecular complexity index is 788. The zero-order valence-electron chi connectivity index (χ0n) is 15.7. The molecule has 0 bridgehead atoms. The van der Waals surface area contributed by atoms with Gasteiger partial charge in [0, 0.05) is 50.9 Å². The highest BCUT2D eigenvalue weighted by Crippen LogP contribution is 2.25. The van der Waals surface area contributed by atoms with Crippen LogP contribution in [0.3, 0.4) is 0 Å². The van der Waals surface area contributed by atoms with Crippen LogP contribution in [0.2, 0.25) is 0 Å². The fourth-order valence-electron chi connectivity index (χ4n) is 3.89. The predicted molar refractivity (Wildman–Crippen MR) is 99.5 cm³/mol. The van der Waals surface area contributed by atoms with Gasteiger partial charge in [0.25, 0.3) is 5.91 Å². The Morgan fingerprint density at radius 1 is 1.21 bits per heavy atom. The van der Waals surface area contributed by atoms with Gasteiger partial charge in [0.15, 0.2) is 0 Å². The van der Waals surface area contributed by atoms with E-state index in [1.807, 2.05) is 9.80 Å². The number of furan rings is 1. The maximum absolute atomic E-state index is 12.4. The largest absolute Gasteiger partial charge is 0.472 e. The van der Waals surface area contributed by atoms with Crippen molar-refractivity contribution in [2.24, 2.45) is 11.8 Å². The zero-order chi connectivity index (χ0) is 19.3. The normalized spacial score (nSPS) is 20.6. The lowest BCUT2D eigenvalue weighted by atomic mass is 9.96. The van der Waals surface area contributed by atoms with Crippen molar-refractivity contribution in [3.8, 4) is 6.01 Å². The lowest BCUT2D eigenvalue weighted by Crippen LogP contribution is -2.42. The Hall–Kier alpha value is -2.90. The number of carbonyl (C=O) groups is 2. The minimum Gasteiger partial charge on any atom is -0.472 e. The number of aromatic nitrogens is 2. The average Bonchev–Trinajstić information content (AvgIpc) is 3.38. The molecule has 0 spiro atoms. The molecule has 28 heavy (non-hydrogen) atoms. The lowest BCUT2D eigenvalue weighted by molar-refractivity contribution is -0.128. The molecule has 2 aromatic rings. The van der Waals surface area contributed by atoms with Gasteiger partial charge in [-0.25, -0.2) is 9.97 Å². The van der Waals surface area contributed by atoms with E-state index in [1.165, 1.54) is 12.5 Å². The summed E-state index contributed by atoms with van der Waals surface area (Å²) in [5.74, 6) is 0.790. The molecule has 8 nitrogen and oxygen atoms in total. The highest BCUT2D eigenvalue weighted by atomic mass is 16.5. The molecule has 1 atom stereocenters. The summed E-state index contributed by atoms with van der Waals surface area (Å²) in [5.41, 5.74) is 0.596. The van der Waals surface area contributed by atoms with Gasteiger partial charge in [0.05, 0.1) is 18.4 Å². The van der Waals surface area contributed by atoms with Gasteiger partial charge in [-0.15, -0.1) is 0 Å². The highest BCUT2D eigenvalue weighted by Gasteiger charge is 2.33. The summed E-state index contributed by atoms with van der Waals surface area (Å²) in [6.45, 7) is 3.35. The van der Waals surface area contributed by atoms with E-state index < -0.39 is 0 Å². The molecule has 0 saturated carbocycles. The summed E-state index contributed by atoms with van der Waals surface area (Å²) in [6, 6.07) is 3.78. The van der Waals surface area contributed by atoms with Crippen molar-refractivity contribution in [2.75, 3.05) is 32.8 Å². The second-order valence-corrected chi connectivity index (χ2v) is 7.46. The second kappa shape index (κ2) is 8.41. The smallest absolute Gasteiger partial charge is 0.316 e. The van der Waals surface area contributed by atoms with Crippen molar-refractivity contribution in [3.63, 3.8) is 0 Å². The third-order valence-corrected chi connectivity index (χ3v) is 5.43. The average molecular weight is 384 g/mol. The van der Waals surface area contributed by atoms with E-state index in [4.69, 9.17) is 9.15 Å². The summed E-state index contributed by atoms with van der Waals surface area (Å²) < 4.78 is 10.6. The number of piperidine rings is 1. The Kier molecular flexibility index (Phi) is 5.55. The van der Waals surface area contributed by atoms with Crippen LogP contribution < -0.4 is 4.74 Å². The summed E-state index contributed by atoms with van der Waals surface area (Å²) in [7, 11) is 0. The van der Waals surface area contributed by atoms with Gasteiger partial charge < -0.3 is 19.0 Å². The number of likely N-dealkylation sites (tertiary alicyclic amines) is 2. The molecule has 8 heteroatoms. The molecule has 2 aliphatic heterocycles. The monoisotopic (exact) mass is 384 g/mol. The van der Waals surface area contributed by atoms with Crippen molar-refractivity contribution in [2.45, 2.75) is 19.3 Å². The Morgan fingerprint density at radius 2 is 2.00 bits per heavy atom. The zero-order valence-corrected chi connectivity index (χ0v) is 15.7. The molecule has 2 aliphatic rings. The topological polar surface area (TPSA) is 88.8 Å². The summed E-state index contributed by atoms with van der Waals surface area (Å²) in [6.07, 6.45) is 8.60. The van der Waals surface area contributed by atoms with E-state index in [1.54, 1.807) is 24.5 Å². The number of nitrogens with zero attached hydrogens (tertiary/aromatic N) is 4. The van der Waals surface area contributed by atoms with E-state index in [2.05, 4.69) is 9.97 Å². The van der Waals surface area contributed by atoms with E-state index in [-0.39, 0.29) is 17.7 Å². The van der Waals surface area contributed by atoms with Crippen LogP contribution in [0, 0.1) is 11.8 Å². The first-order chi connectivity index (χ1) is 13.7. The van der Waals surface area contributed by atoms with Crippen LogP contribution in [-0.2, 0) is 4.79 Å². The summed E-state index contributed by atoms with van der Waals surface area (Å²) in [5, 5.41) is 0. The molecule has 0 aliphatic carbocycles. The van der Waals surface area contributed by atoms with Crippen molar-refractivity contribution in [1.82, 2.24) is 19.8 Å². The molecule has 2 aromatic heterocycles. The molecule has 4 heterocycles. The van der Waals surface area contributed by atoms with Crippen LogP contribution in [0.4, 0.5) is 0 Å². The van der Waals surface area contributed by atoms with Gasteiger partial charge in [0.2, 0.25) is 5.91 Å². The van der Waals surface area contributed by atoms with Crippen molar-refractivity contribution < 1.29 is 18.7 Å². The predicted octanol–water partition coefficient (Wildman–Crippen LogP) is 1.85. The minimum absolute atomic E-state index is 0.0183. The Labute approximate surface area is 163 Å². The van der Waals surface area contributed by atoms with Gasteiger partial charge in [-0.3, -0.25) is 9.59 Å². The molecule has 2 fully saturated rings. The third-order valence-electron chi connectivity index (χ3n) is 5.43. The fourth-order valence-corrected chi connectivity index (χ4v) is 3.89. The van der Waals surface area contributed by atoms with E-state index >= 15 is 0 Å². The van der Waals surface area contributed by atoms with E-state index in [0.717, 1.165) is 19.4 Å². The maximum Gasteiger partial charge on any atom is 0.316 e. The summed E-state index contributed by atoms with van der Waals surface area (Å²) >= 11 is 0. The first kappa shape index (κ1) is 18.5. The lowest BCUT2D eigenvalue weighted by Gasteiger charge is -2.33. The van der Waals surface area contributed by atoms with Gasteiger partial charge in [0.1, 0.15) is 6.26 Å². The van der Waals surface area contributed by atoms with Crippen LogP contribution >= 0.6 is 0 Å². The Morgan fingerprint density at radius 3 is 2.71 bits per heavy atom. The molecular formula is C20H24N4O4. The van der Waals surface area contributed by atoms with Crippen LogP contribution in [0.15, 0.2) is 41.5 Å². The van der Waals surface area contributed by atoms with Crippen molar-refractivity contribution >= 4 is 11.8 Å². The Balaban J connectivity index is 1.22. The van der Waals surface area contributed by atoms with Crippen LogP contribution in [-0.4, -0.2) is 64.4 Å². The SMILES string of the molecule is O=C1CC(COc2ncccn2)CN1CC1CCN(C(=O)c2ccoc2)CC1. The van der Waals surface area contributed by atoms with E-state index in [9.17, 15) is 9.59 Å². The number of hydrogen-bond acceptors (Lipinski definition) is 6. The highest BCUT2D eigenvalue weighted by molar-refractivity contribution is 5.93. The minimum atomic E-state index is 0.0183. The number of ether oxygens (including phenoxy) is 1. The molecule has 2 saturated heterocycles. The van der Waals surface area contributed by atoms with Crippen LogP contribution in [0.25, 0.3) is 0 Å². The van der Waals surface area contributed by atoms with Gasteiger partial charge in [-0.1, -0.05) is 0 Å². The first-order valence-corrected chi connectivity index (χ1v) is 9.68. The molecule has 148 valence electrons. The van der Waals surface area contributed by atoms with Gasteiger partial charge >= 0.3 is 6.01 Å². The number of hydrogen-bond donors (Lipinski definition) is 0. The summed E-state index contributed by atoms with van der Waals surface area (Å²) in [4.78, 5) is 36.6. The quantitative estimate of drug-likeness (QED) is 0.755. The molecule has 2 amide bonds. The standard InChI is InChI=1S/C20H24N4O4/c25-18-10-16(13-28-20-21-5-1-6-22-20)12-24(18)11-15-2-7-23(8-3-15)19(26)17-4-9-27-14-17/h1,4-6,9,14-16H,2-3,7-8,10-13H2. The molecule has 0 radical (unpaired) electrons. The molecule has 1 unspecified atom stereocenters. The van der Waals surface area contributed by atoms with Gasteiger partial charge in [-0.2, -0.15) is 0 Å². The number of amides is 2. The van der Waals surface area contributed by atoms with Crippen molar-refractivity contribution in [1.29, 1.82) is 0 Å². The third kappa shape index (κ3) is 4.32. The molecule has 4 rings (SSSR count). The number of carbonyl (C=O) groups excluding carboxylic acids is 2. The van der Waals surface area contributed by atoms with Crippen molar-refractivity contribution in [3.05, 3.63) is 42.6 Å². The second-order valence-electron chi connectivity index (χ2n) is 7.46. The maximum atomic E-state index is 12.4. The number of rotatable bonds is 6. The molecule has 0 N–H and O–H groups in total. The fraction of sp³-hybridized carbons (Fsp3) is 0.500. The molecular weight excluding hydrogens is 360 g/mol. The van der Waals surface area contributed by atoms with E-state index in [0.29, 0.717) is 50.2 Å². The van der Waals surface area contributed by atoms with Crippen LogP contribution in [0.5, 0.6) is 6.01 Å². The van der Waals surface area contributed by atoms with Crippen LogP contribution in [0.1, 0.15) is 29.6 Å². The van der Waals surface area contributed by atoms with Gasteiger partial charge in [-0.05, 0) is 30.9 Å².